The minimum atomic E-state index is -0.551. The number of carbonyl (C=O) groups excluding carboxylic acids is 1. The molecule has 1 amide bonds. The highest BCUT2D eigenvalue weighted by molar-refractivity contribution is 6.30. The average Bonchev–Trinajstić information content (AvgIpc) is 2.57. The topological polar surface area (TPSA) is 38.3 Å². The van der Waals surface area contributed by atoms with E-state index in [2.05, 4.69) is 23.5 Å². The van der Waals surface area contributed by atoms with Crippen LogP contribution in [0.4, 0.5) is 0 Å². The van der Waals surface area contributed by atoms with Crippen LogP contribution in [0, 0.1) is 0 Å². The Morgan fingerprint density at radius 2 is 1.96 bits per heavy atom. The van der Waals surface area contributed by atoms with Gasteiger partial charge in [-0.05, 0) is 61.6 Å². The first-order valence-corrected chi connectivity index (χ1v) is 8.31. The minimum Gasteiger partial charge on any atom is -0.481 e. The highest BCUT2D eigenvalue weighted by atomic mass is 35.5. The van der Waals surface area contributed by atoms with E-state index in [0.717, 1.165) is 19.3 Å². The fourth-order valence-electron chi connectivity index (χ4n) is 2.96. The smallest absolute Gasteiger partial charge is 0.261 e. The molecule has 2 aromatic carbocycles. The molecule has 0 saturated heterocycles. The van der Waals surface area contributed by atoms with E-state index >= 15 is 0 Å². The third-order valence-corrected chi connectivity index (χ3v) is 4.43. The van der Waals surface area contributed by atoms with Crippen LogP contribution >= 0.6 is 11.6 Å². The van der Waals surface area contributed by atoms with Gasteiger partial charge >= 0.3 is 0 Å². The minimum absolute atomic E-state index is 0.0729. The van der Waals surface area contributed by atoms with E-state index in [-0.39, 0.29) is 11.9 Å². The van der Waals surface area contributed by atoms with Crippen LogP contribution in [0.1, 0.15) is 36.9 Å². The molecule has 23 heavy (non-hydrogen) atoms. The lowest BCUT2D eigenvalue weighted by atomic mass is 9.87. The van der Waals surface area contributed by atoms with Crippen molar-refractivity contribution in [2.24, 2.45) is 0 Å². The SMILES string of the molecule is CC(Oc1ccc(Cl)cc1)C(=O)NC1CCCc2ccccc21. The normalized spacial score (nSPS) is 17.9. The van der Waals surface area contributed by atoms with Gasteiger partial charge in [0, 0.05) is 5.02 Å². The van der Waals surface area contributed by atoms with E-state index in [1.165, 1.54) is 11.1 Å². The Balaban J connectivity index is 1.64. The molecule has 1 aliphatic carbocycles. The van der Waals surface area contributed by atoms with Crippen LogP contribution in [-0.4, -0.2) is 12.0 Å². The van der Waals surface area contributed by atoms with Crippen molar-refractivity contribution >= 4 is 17.5 Å². The lowest BCUT2D eigenvalue weighted by Crippen LogP contribution is -2.39. The number of halogens is 1. The number of ether oxygens (including phenoxy) is 1. The molecule has 0 heterocycles. The van der Waals surface area contributed by atoms with Crippen LogP contribution in [0.2, 0.25) is 5.02 Å². The van der Waals surface area contributed by atoms with Crippen LogP contribution in [0.15, 0.2) is 48.5 Å². The van der Waals surface area contributed by atoms with E-state index in [4.69, 9.17) is 16.3 Å². The first-order valence-electron chi connectivity index (χ1n) is 7.94. The summed E-state index contributed by atoms with van der Waals surface area (Å²) in [6, 6.07) is 15.4. The van der Waals surface area contributed by atoms with E-state index in [1.807, 2.05) is 6.07 Å². The molecule has 1 aliphatic rings. The van der Waals surface area contributed by atoms with Crippen molar-refractivity contribution < 1.29 is 9.53 Å². The van der Waals surface area contributed by atoms with Crippen molar-refractivity contribution in [3.8, 4) is 5.75 Å². The molecule has 3 nitrogen and oxygen atoms in total. The second-order valence-corrected chi connectivity index (χ2v) is 6.30. The summed E-state index contributed by atoms with van der Waals surface area (Å²) in [5.74, 6) is 0.544. The molecule has 0 bridgehead atoms. The summed E-state index contributed by atoms with van der Waals surface area (Å²) < 4.78 is 5.69. The zero-order valence-electron chi connectivity index (χ0n) is 13.1. The molecule has 2 atom stereocenters. The van der Waals surface area contributed by atoms with E-state index < -0.39 is 6.10 Å². The van der Waals surface area contributed by atoms with Crippen LogP contribution in [0.5, 0.6) is 5.75 Å². The van der Waals surface area contributed by atoms with Gasteiger partial charge in [0.1, 0.15) is 5.75 Å². The van der Waals surface area contributed by atoms with Gasteiger partial charge in [-0.2, -0.15) is 0 Å². The van der Waals surface area contributed by atoms with Gasteiger partial charge in [-0.1, -0.05) is 35.9 Å². The van der Waals surface area contributed by atoms with Crippen LogP contribution in [-0.2, 0) is 11.2 Å². The Labute approximate surface area is 141 Å². The Bertz CT molecular complexity index is 684. The van der Waals surface area contributed by atoms with Gasteiger partial charge in [0.25, 0.3) is 5.91 Å². The molecule has 0 aromatic heterocycles. The zero-order chi connectivity index (χ0) is 16.2. The number of carbonyl (C=O) groups is 1. The molecule has 1 N–H and O–H groups in total. The van der Waals surface area contributed by atoms with Crippen molar-refractivity contribution in [3.05, 3.63) is 64.7 Å². The standard InChI is InChI=1S/C19H20ClNO2/c1-13(23-16-11-9-15(20)10-12-16)19(22)21-18-8-4-6-14-5-2-3-7-17(14)18/h2-3,5,7,9-13,18H,4,6,8H2,1H3,(H,21,22). The summed E-state index contributed by atoms with van der Waals surface area (Å²) in [4.78, 5) is 12.4. The molecule has 2 aromatic rings. The predicted molar refractivity (Wildman–Crippen MR) is 91.8 cm³/mol. The summed E-state index contributed by atoms with van der Waals surface area (Å²) in [6.07, 6.45) is 2.59. The third-order valence-electron chi connectivity index (χ3n) is 4.18. The number of aryl methyl sites for hydroxylation is 1. The van der Waals surface area contributed by atoms with E-state index in [0.29, 0.717) is 10.8 Å². The van der Waals surface area contributed by atoms with Gasteiger partial charge < -0.3 is 10.1 Å². The number of amides is 1. The number of nitrogens with one attached hydrogen (secondary N) is 1. The molecule has 0 radical (unpaired) electrons. The quantitative estimate of drug-likeness (QED) is 0.908. The second-order valence-electron chi connectivity index (χ2n) is 5.87. The van der Waals surface area contributed by atoms with Gasteiger partial charge in [0.2, 0.25) is 0 Å². The first kappa shape index (κ1) is 15.9. The second kappa shape index (κ2) is 7.05. The molecule has 0 aliphatic heterocycles. The molecule has 4 heteroatoms. The fourth-order valence-corrected chi connectivity index (χ4v) is 3.09. The molecule has 3 rings (SSSR count). The highest BCUT2D eigenvalue weighted by Gasteiger charge is 2.24. The van der Waals surface area contributed by atoms with Crippen LogP contribution in [0.25, 0.3) is 0 Å². The number of benzene rings is 2. The van der Waals surface area contributed by atoms with Gasteiger partial charge in [-0.15, -0.1) is 0 Å². The molecule has 120 valence electrons. The van der Waals surface area contributed by atoms with Gasteiger partial charge in [0.15, 0.2) is 6.10 Å². The molecule has 0 fully saturated rings. The van der Waals surface area contributed by atoms with Crippen molar-refractivity contribution in [1.82, 2.24) is 5.32 Å². The van der Waals surface area contributed by atoms with Crippen molar-refractivity contribution in [3.63, 3.8) is 0 Å². The first-order chi connectivity index (χ1) is 11.1. The summed E-state index contributed by atoms with van der Waals surface area (Å²) >= 11 is 5.85. The van der Waals surface area contributed by atoms with Gasteiger partial charge in [0.05, 0.1) is 6.04 Å². The van der Waals surface area contributed by atoms with E-state index in [9.17, 15) is 4.79 Å². The molecular weight excluding hydrogens is 310 g/mol. The lowest BCUT2D eigenvalue weighted by Gasteiger charge is -2.27. The van der Waals surface area contributed by atoms with E-state index in [1.54, 1.807) is 31.2 Å². The highest BCUT2D eigenvalue weighted by Crippen LogP contribution is 2.29. The maximum atomic E-state index is 12.4. The summed E-state index contributed by atoms with van der Waals surface area (Å²) in [5, 5.41) is 3.76. The largest absolute Gasteiger partial charge is 0.481 e. The Kier molecular flexibility index (Phi) is 4.87. The number of hydrogen-bond donors (Lipinski definition) is 1. The number of hydrogen-bond acceptors (Lipinski definition) is 2. The van der Waals surface area contributed by atoms with Crippen LogP contribution in [0.3, 0.4) is 0 Å². The Morgan fingerprint density at radius 1 is 1.22 bits per heavy atom. The maximum Gasteiger partial charge on any atom is 0.261 e. The molecule has 0 spiro atoms. The van der Waals surface area contributed by atoms with Crippen molar-refractivity contribution in [1.29, 1.82) is 0 Å². The monoisotopic (exact) mass is 329 g/mol. The average molecular weight is 330 g/mol. The third kappa shape index (κ3) is 3.85. The Hall–Kier alpha value is -2.00. The molecule has 2 unspecified atom stereocenters. The lowest BCUT2D eigenvalue weighted by molar-refractivity contribution is -0.128. The number of fused-ring (bicyclic) bond motifs is 1. The van der Waals surface area contributed by atoms with Crippen molar-refractivity contribution in [2.75, 3.05) is 0 Å². The number of rotatable bonds is 4. The van der Waals surface area contributed by atoms with Gasteiger partial charge in [-0.3, -0.25) is 4.79 Å². The zero-order valence-corrected chi connectivity index (χ0v) is 13.8. The van der Waals surface area contributed by atoms with Gasteiger partial charge in [-0.25, -0.2) is 0 Å². The summed E-state index contributed by atoms with van der Waals surface area (Å²) in [7, 11) is 0. The summed E-state index contributed by atoms with van der Waals surface area (Å²) in [5.41, 5.74) is 2.56. The Morgan fingerprint density at radius 3 is 2.74 bits per heavy atom. The fraction of sp³-hybridized carbons (Fsp3) is 0.316. The van der Waals surface area contributed by atoms with Crippen molar-refractivity contribution in [2.45, 2.75) is 38.3 Å². The maximum absolute atomic E-state index is 12.4. The molecule has 0 saturated carbocycles. The van der Waals surface area contributed by atoms with Crippen LogP contribution < -0.4 is 10.1 Å². The molecular formula is C19H20ClNO2. The summed E-state index contributed by atoms with van der Waals surface area (Å²) in [6.45, 7) is 1.76. The predicted octanol–water partition coefficient (Wildman–Crippen LogP) is 4.30.